The molecule has 0 saturated carbocycles. The fourth-order valence-corrected chi connectivity index (χ4v) is 12.5. The number of hydrogen-bond acceptors (Lipinski definition) is 15. The molecule has 2 aliphatic heterocycles. The third-order valence-electron chi connectivity index (χ3n) is 17.6. The van der Waals surface area contributed by atoms with E-state index in [1.165, 1.54) is 14.2 Å². The van der Waals surface area contributed by atoms with Gasteiger partial charge in [-0.1, -0.05) is 110 Å². The van der Waals surface area contributed by atoms with Crippen molar-refractivity contribution >= 4 is 82.5 Å². The number of likely N-dealkylation sites (N-methyl/N-ethyl adjacent to an activating group) is 2. The number of para-hydroxylation sites is 1. The van der Waals surface area contributed by atoms with Crippen LogP contribution in [0.5, 0.6) is 0 Å². The molecule has 2 aromatic carbocycles. The van der Waals surface area contributed by atoms with Gasteiger partial charge in [0.15, 0.2) is 5.78 Å². The average Bonchev–Trinajstić information content (AvgIpc) is 3.04. The molecule has 23 nitrogen and oxygen atoms in total. The van der Waals surface area contributed by atoms with Crippen molar-refractivity contribution in [3.8, 4) is 0 Å². The van der Waals surface area contributed by atoms with Crippen LogP contribution in [0, 0.1) is 29.6 Å². The zero-order chi connectivity index (χ0) is 65.6. The summed E-state index contributed by atoms with van der Waals surface area (Å²) in [6, 6.07) is 12.8. The van der Waals surface area contributed by atoms with Crippen molar-refractivity contribution in [3.63, 3.8) is 0 Å². The Kier molecular flexibility index (Phi) is 29.2. The van der Waals surface area contributed by atoms with Crippen LogP contribution >= 0.6 is 12.6 Å². The number of amides is 9. The molecule has 0 aliphatic carbocycles. The minimum Gasteiger partial charge on any atom is -0.379 e. The Balaban J connectivity index is 1.14. The van der Waals surface area contributed by atoms with Crippen molar-refractivity contribution in [1.82, 2.24) is 51.4 Å². The number of methoxy groups -OCH3 is 2. The standard InChI is InChI=1S/C65H99N11O12S/c1-12-41(6)58(51(87-10)35-55(80)75-32-21-27-50(75)60(88-11)42(7)61(82)69-49(62(83)68-36-43-23-15-13-16-24-43)33-44-37-67-48-26-19-18-25-45(44)48)74(9)65(86)56(39(2)3)70-63(84)57(40(4)5)73(8)30-22-29-53(78)72-71-52(77)28-17-14-20-31-76-54(79)34-46(64(76)85)59(81)47(66)38-89/h13,15-16,18-19,23-26,37,39-42,46-47,49-51,56-58,60,67,89H,12,14,17,20-22,27-36,38,66H2,1-11H3,(H,68,83)(H,69,82)(H,70,84)(H,71,77)(H,72,78)/t41-,42+,46?,47-,49-,50-,51+,56-,57-,58-,60+/m0/s1. The normalized spacial score (nSPS) is 18.2. The van der Waals surface area contributed by atoms with Crippen LogP contribution < -0.4 is 32.5 Å². The molecule has 0 spiro atoms. The maximum Gasteiger partial charge on any atom is 0.245 e. The van der Waals surface area contributed by atoms with Crippen molar-refractivity contribution in [3.05, 3.63) is 71.9 Å². The lowest BCUT2D eigenvalue weighted by Gasteiger charge is -2.41. The maximum absolute atomic E-state index is 14.8. The molecule has 9 amide bonds. The molecule has 2 fully saturated rings. The maximum atomic E-state index is 14.8. The minimum atomic E-state index is -1.09. The van der Waals surface area contributed by atoms with Crippen LogP contribution in [0.3, 0.4) is 0 Å². The lowest BCUT2D eigenvalue weighted by Crippen LogP contribution is -2.60. The summed E-state index contributed by atoms with van der Waals surface area (Å²) < 4.78 is 12.2. The summed E-state index contributed by atoms with van der Waals surface area (Å²) in [6.45, 7) is 14.4. The highest BCUT2D eigenvalue weighted by Crippen LogP contribution is 2.31. The lowest BCUT2D eigenvalue weighted by atomic mass is 9.89. The van der Waals surface area contributed by atoms with E-state index in [2.05, 4.69) is 44.4 Å². The SMILES string of the molecule is CC[C@H](C)[C@@H]([C@@H](CC(=O)N1CCC[C@H]1[C@H](OC)[C@@H](C)C(=O)N[C@@H](Cc1c[nH]c2ccccc12)C(=O)NCc1ccccc1)OC)N(C)C(=O)[C@@H](NC(=O)[C@H](C(C)C)N(C)CCCC(=O)NNC(=O)CCCCCN1C(=O)CC(C(=O)[C@@H](N)CS)C1=O)C(C)C. The van der Waals surface area contributed by atoms with E-state index in [1.807, 2.05) is 107 Å². The number of nitrogens with zero attached hydrogens (tertiary/aromatic N) is 4. The zero-order valence-corrected chi connectivity index (χ0v) is 54.9. The second-order valence-electron chi connectivity index (χ2n) is 24.7. The van der Waals surface area contributed by atoms with Gasteiger partial charge < -0.3 is 45.9 Å². The summed E-state index contributed by atoms with van der Waals surface area (Å²) in [5.41, 5.74) is 13.3. The van der Waals surface area contributed by atoms with E-state index in [0.29, 0.717) is 58.0 Å². The molecule has 0 bridgehead atoms. The first kappa shape index (κ1) is 73.0. The van der Waals surface area contributed by atoms with E-state index in [1.54, 1.807) is 30.8 Å². The van der Waals surface area contributed by atoms with E-state index < -0.39 is 95.6 Å². The molecule has 89 heavy (non-hydrogen) atoms. The van der Waals surface area contributed by atoms with Gasteiger partial charge in [-0.2, -0.15) is 12.6 Å². The quantitative estimate of drug-likeness (QED) is 0.0133. The van der Waals surface area contributed by atoms with Crippen LogP contribution in [-0.4, -0.2) is 186 Å². The largest absolute Gasteiger partial charge is 0.379 e. The minimum absolute atomic E-state index is 0.0442. The van der Waals surface area contributed by atoms with E-state index in [0.717, 1.165) is 26.9 Å². The number of rotatable bonds is 36. The van der Waals surface area contributed by atoms with Gasteiger partial charge in [0, 0.05) is 89.4 Å². The third-order valence-corrected chi connectivity index (χ3v) is 18.0. The van der Waals surface area contributed by atoms with Gasteiger partial charge in [-0.15, -0.1) is 0 Å². The molecule has 3 heterocycles. The van der Waals surface area contributed by atoms with Crippen molar-refractivity contribution in [1.29, 1.82) is 0 Å². The summed E-state index contributed by atoms with van der Waals surface area (Å²) in [6.07, 6.45) is 4.06. The molecule has 8 N–H and O–H groups in total. The summed E-state index contributed by atoms with van der Waals surface area (Å²) in [5.74, 6) is -6.48. The molecule has 492 valence electrons. The summed E-state index contributed by atoms with van der Waals surface area (Å²) in [5, 5.41) is 10.0. The first-order chi connectivity index (χ1) is 42.4. The number of benzene rings is 2. The summed E-state index contributed by atoms with van der Waals surface area (Å²) >= 11 is 4.01. The number of ketones is 1. The molecule has 3 aromatic rings. The molecule has 1 unspecified atom stereocenters. The number of aromatic amines is 1. The van der Waals surface area contributed by atoms with Crippen molar-refractivity contribution < 1.29 is 57.4 Å². The number of hydrogen-bond donors (Lipinski definition) is 8. The summed E-state index contributed by atoms with van der Waals surface area (Å²) in [7, 11) is 6.50. The Labute approximate surface area is 530 Å². The number of likely N-dealkylation sites (tertiary alicyclic amines) is 2. The average molecular weight is 1260 g/mol. The van der Waals surface area contributed by atoms with Crippen LogP contribution in [0.4, 0.5) is 0 Å². The van der Waals surface area contributed by atoms with Crippen LogP contribution in [0.1, 0.15) is 130 Å². The zero-order valence-electron chi connectivity index (χ0n) is 54.0. The number of nitrogens with two attached hydrogens (primary N) is 1. The number of aromatic nitrogens is 1. The van der Waals surface area contributed by atoms with E-state index in [9.17, 15) is 47.9 Å². The Morgan fingerprint density at radius 3 is 2.10 bits per heavy atom. The number of unbranched alkanes of at least 4 members (excludes halogenated alkanes) is 2. The molecule has 0 radical (unpaired) electrons. The molecular weight excluding hydrogens is 1160 g/mol. The molecule has 5 rings (SSSR count). The number of thiol groups is 1. The predicted molar refractivity (Wildman–Crippen MR) is 342 cm³/mol. The molecule has 1 aromatic heterocycles. The highest BCUT2D eigenvalue weighted by molar-refractivity contribution is 7.80. The van der Waals surface area contributed by atoms with Gasteiger partial charge in [-0.05, 0) is 80.6 Å². The van der Waals surface area contributed by atoms with E-state index in [-0.39, 0.29) is 92.3 Å². The number of fused-ring (bicyclic) bond motifs is 1. The number of ether oxygens (including phenoxy) is 2. The summed E-state index contributed by atoms with van der Waals surface area (Å²) in [4.78, 5) is 145. The van der Waals surface area contributed by atoms with Crippen molar-refractivity contribution in [2.45, 2.75) is 181 Å². The number of imide groups is 1. The number of nitrogens with one attached hydrogen (secondary N) is 6. The monoisotopic (exact) mass is 1260 g/mol. The lowest BCUT2D eigenvalue weighted by molar-refractivity contribution is -0.148. The molecule has 2 aliphatic rings. The van der Waals surface area contributed by atoms with Gasteiger partial charge in [0.05, 0.1) is 48.7 Å². The second-order valence-corrected chi connectivity index (χ2v) is 25.0. The second kappa shape index (κ2) is 35.6. The first-order valence-electron chi connectivity index (χ1n) is 31.5. The molecule has 2 saturated heterocycles. The number of carbonyl (C=O) groups excluding carboxylic acids is 10. The van der Waals surface area contributed by atoms with Crippen LogP contribution in [-0.2, 0) is 70.4 Å². The van der Waals surface area contributed by atoms with Gasteiger partial charge in [0.1, 0.15) is 18.0 Å². The van der Waals surface area contributed by atoms with E-state index in [4.69, 9.17) is 15.2 Å². The molecular formula is C65H99N11O12S. The van der Waals surface area contributed by atoms with Gasteiger partial charge in [0.2, 0.25) is 53.2 Å². The topological polar surface area (TPSA) is 304 Å². The van der Waals surface area contributed by atoms with Crippen LogP contribution in [0.2, 0.25) is 0 Å². The van der Waals surface area contributed by atoms with E-state index >= 15 is 0 Å². The number of Topliss-reactive ketones (excluding diaryl/α,β-unsaturated/α-hetero) is 1. The fourth-order valence-electron chi connectivity index (χ4n) is 12.3. The number of hydrazine groups is 1. The van der Waals surface area contributed by atoms with Gasteiger partial charge in [0.25, 0.3) is 0 Å². The highest BCUT2D eigenvalue weighted by atomic mass is 32.1. The predicted octanol–water partition coefficient (Wildman–Crippen LogP) is 4.22. The smallest absolute Gasteiger partial charge is 0.245 e. The van der Waals surface area contributed by atoms with Crippen molar-refractivity contribution in [2.24, 2.45) is 35.3 Å². The molecule has 24 heteroatoms. The Morgan fingerprint density at radius 2 is 1.47 bits per heavy atom. The number of H-pyrrole nitrogens is 1. The van der Waals surface area contributed by atoms with Crippen LogP contribution in [0.15, 0.2) is 60.8 Å². The van der Waals surface area contributed by atoms with Crippen molar-refractivity contribution in [2.75, 3.05) is 53.7 Å². The Bertz CT molecular complexity index is 2870. The number of carbonyl (C=O) groups is 10. The van der Waals surface area contributed by atoms with Crippen LogP contribution in [0.25, 0.3) is 10.9 Å². The Morgan fingerprint density at radius 1 is 0.809 bits per heavy atom. The Hall–Kier alpha value is -6.73. The van der Waals surface area contributed by atoms with Gasteiger partial charge >= 0.3 is 0 Å². The van der Waals surface area contributed by atoms with Gasteiger partial charge in [-0.25, -0.2) is 0 Å². The highest BCUT2D eigenvalue weighted by Gasteiger charge is 2.45. The fraction of sp³-hybridized carbons (Fsp3) is 0.631. The first-order valence-corrected chi connectivity index (χ1v) is 32.1. The van der Waals surface area contributed by atoms with Gasteiger partial charge in [-0.3, -0.25) is 68.6 Å². The molecule has 11 atom stereocenters. The third kappa shape index (κ3) is 20.1.